The van der Waals surface area contributed by atoms with Crippen LogP contribution in [0.4, 0.5) is 0 Å². The number of aromatic amines is 1. The Balaban J connectivity index is 1.32. The van der Waals surface area contributed by atoms with E-state index in [1.807, 2.05) is 0 Å². The Morgan fingerprint density at radius 3 is 2.67 bits per heavy atom. The number of para-hydroxylation sites is 1. The first kappa shape index (κ1) is 16.3. The average Bonchev–Trinajstić information content (AvgIpc) is 3.09. The van der Waals surface area contributed by atoms with Gasteiger partial charge >= 0.3 is 0 Å². The van der Waals surface area contributed by atoms with Crippen molar-refractivity contribution in [3.8, 4) is 0 Å². The maximum atomic E-state index is 5.71. The van der Waals surface area contributed by atoms with E-state index >= 15 is 0 Å². The Labute approximate surface area is 164 Å². The summed E-state index contributed by atoms with van der Waals surface area (Å²) < 4.78 is 0. The lowest BCUT2D eigenvalue weighted by molar-refractivity contribution is 0.384. The standard InChI is InChI=1S/C23H21N3S/c27-23(24-14-17-8-5-7-16-6-1-2-9-18(16)17)26-13-12-20-19-10-3-4-11-21(19)25-22(20)15-26/h1-11,25H,12-15H2,(H,24,27). The Hall–Kier alpha value is -2.85. The zero-order chi connectivity index (χ0) is 18.2. The summed E-state index contributed by atoms with van der Waals surface area (Å²) in [5.41, 5.74) is 5.23. The molecule has 1 aliphatic heterocycles. The van der Waals surface area contributed by atoms with Crippen LogP contribution in [0.2, 0.25) is 0 Å². The molecule has 0 bridgehead atoms. The van der Waals surface area contributed by atoms with Gasteiger partial charge in [-0.3, -0.25) is 0 Å². The first-order valence-corrected chi connectivity index (χ1v) is 9.78. The molecule has 0 unspecified atom stereocenters. The SMILES string of the molecule is S=C(NCc1cccc2ccccc12)N1CCc2c([nH]c3ccccc23)C1. The second-order valence-electron chi connectivity index (χ2n) is 7.10. The van der Waals surface area contributed by atoms with Gasteiger partial charge < -0.3 is 15.2 Å². The highest BCUT2D eigenvalue weighted by Crippen LogP contribution is 2.27. The number of rotatable bonds is 2. The summed E-state index contributed by atoms with van der Waals surface area (Å²) >= 11 is 5.71. The lowest BCUT2D eigenvalue weighted by atomic mass is 10.0. The van der Waals surface area contributed by atoms with Gasteiger partial charge in [-0.25, -0.2) is 0 Å². The quantitative estimate of drug-likeness (QED) is 0.499. The van der Waals surface area contributed by atoms with E-state index in [0.717, 1.165) is 31.2 Å². The number of hydrogen-bond donors (Lipinski definition) is 2. The number of nitrogens with zero attached hydrogens (tertiary/aromatic N) is 1. The van der Waals surface area contributed by atoms with Crippen LogP contribution in [-0.4, -0.2) is 21.5 Å². The number of H-pyrrole nitrogens is 1. The van der Waals surface area contributed by atoms with Crippen LogP contribution in [0.5, 0.6) is 0 Å². The van der Waals surface area contributed by atoms with E-state index in [1.54, 1.807) is 0 Å². The third-order valence-electron chi connectivity index (χ3n) is 5.48. The van der Waals surface area contributed by atoms with Gasteiger partial charge in [0, 0.05) is 29.7 Å². The Kier molecular flexibility index (Phi) is 4.06. The van der Waals surface area contributed by atoms with Crippen LogP contribution in [0.15, 0.2) is 66.7 Å². The molecule has 0 saturated heterocycles. The Morgan fingerprint density at radius 2 is 1.74 bits per heavy atom. The topological polar surface area (TPSA) is 31.1 Å². The van der Waals surface area contributed by atoms with Crippen LogP contribution in [0.25, 0.3) is 21.7 Å². The summed E-state index contributed by atoms with van der Waals surface area (Å²) in [5.74, 6) is 0. The van der Waals surface area contributed by atoms with Crippen molar-refractivity contribution >= 4 is 39.0 Å². The molecule has 4 heteroatoms. The molecule has 5 rings (SSSR count). The molecule has 0 atom stereocenters. The molecule has 0 aliphatic carbocycles. The van der Waals surface area contributed by atoms with E-state index in [1.165, 1.54) is 38.5 Å². The van der Waals surface area contributed by atoms with Crippen molar-refractivity contribution in [1.29, 1.82) is 0 Å². The van der Waals surface area contributed by atoms with E-state index in [0.29, 0.717) is 0 Å². The van der Waals surface area contributed by atoms with Crippen LogP contribution in [-0.2, 0) is 19.5 Å². The van der Waals surface area contributed by atoms with Crippen LogP contribution >= 0.6 is 12.2 Å². The van der Waals surface area contributed by atoms with Crippen molar-refractivity contribution < 1.29 is 0 Å². The second kappa shape index (κ2) is 6.71. The number of thiocarbonyl (C=S) groups is 1. The van der Waals surface area contributed by atoms with Crippen molar-refractivity contribution in [2.24, 2.45) is 0 Å². The molecule has 4 aromatic rings. The lowest BCUT2D eigenvalue weighted by Gasteiger charge is -2.29. The van der Waals surface area contributed by atoms with E-state index in [9.17, 15) is 0 Å². The summed E-state index contributed by atoms with van der Waals surface area (Å²) in [5, 5.41) is 8.20. The monoisotopic (exact) mass is 371 g/mol. The minimum absolute atomic E-state index is 0.746. The normalized spacial score (nSPS) is 13.7. The lowest BCUT2D eigenvalue weighted by Crippen LogP contribution is -2.42. The third-order valence-corrected chi connectivity index (χ3v) is 5.88. The van der Waals surface area contributed by atoms with Gasteiger partial charge in [0.05, 0.1) is 6.54 Å². The summed E-state index contributed by atoms with van der Waals surface area (Å²) in [6, 6.07) is 23.5. The first-order chi connectivity index (χ1) is 13.3. The maximum absolute atomic E-state index is 5.71. The summed E-state index contributed by atoms with van der Waals surface area (Å²) in [7, 11) is 0. The molecule has 0 amide bonds. The number of benzene rings is 3. The highest BCUT2D eigenvalue weighted by Gasteiger charge is 2.21. The predicted octanol–water partition coefficient (Wildman–Crippen LogP) is 4.75. The minimum Gasteiger partial charge on any atom is -0.358 e. The van der Waals surface area contributed by atoms with Crippen LogP contribution in [0, 0.1) is 0 Å². The molecule has 0 radical (unpaired) electrons. The largest absolute Gasteiger partial charge is 0.358 e. The first-order valence-electron chi connectivity index (χ1n) is 9.37. The van der Waals surface area contributed by atoms with Crippen molar-refractivity contribution in [3.63, 3.8) is 0 Å². The molecule has 0 fully saturated rings. The Morgan fingerprint density at radius 1 is 0.963 bits per heavy atom. The highest BCUT2D eigenvalue weighted by molar-refractivity contribution is 7.80. The molecule has 1 aliphatic rings. The van der Waals surface area contributed by atoms with E-state index in [4.69, 9.17) is 12.2 Å². The summed E-state index contributed by atoms with van der Waals surface area (Å²) in [6.45, 7) is 2.54. The van der Waals surface area contributed by atoms with Crippen molar-refractivity contribution in [3.05, 3.63) is 83.6 Å². The predicted molar refractivity (Wildman–Crippen MR) is 116 cm³/mol. The zero-order valence-corrected chi connectivity index (χ0v) is 15.9. The number of nitrogens with one attached hydrogen (secondary N) is 2. The number of hydrogen-bond acceptors (Lipinski definition) is 1. The van der Waals surface area contributed by atoms with Gasteiger partial charge in [0.15, 0.2) is 5.11 Å². The molecule has 0 spiro atoms. The molecule has 134 valence electrons. The average molecular weight is 372 g/mol. The van der Waals surface area contributed by atoms with Gasteiger partial charge in [-0.2, -0.15) is 0 Å². The molecule has 3 nitrogen and oxygen atoms in total. The van der Waals surface area contributed by atoms with E-state index in [-0.39, 0.29) is 0 Å². The fourth-order valence-corrected chi connectivity index (χ4v) is 4.32. The van der Waals surface area contributed by atoms with Gasteiger partial charge in [-0.05, 0) is 46.6 Å². The van der Waals surface area contributed by atoms with Gasteiger partial charge in [-0.15, -0.1) is 0 Å². The summed E-state index contributed by atoms with van der Waals surface area (Å²) in [4.78, 5) is 5.83. The highest BCUT2D eigenvalue weighted by atomic mass is 32.1. The fourth-order valence-electron chi connectivity index (χ4n) is 4.10. The molecule has 2 N–H and O–H groups in total. The molecule has 27 heavy (non-hydrogen) atoms. The van der Waals surface area contributed by atoms with Gasteiger partial charge in [0.2, 0.25) is 0 Å². The fraction of sp³-hybridized carbons (Fsp3) is 0.174. The number of fused-ring (bicyclic) bond motifs is 4. The van der Waals surface area contributed by atoms with Crippen molar-refractivity contribution in [2.45, 2.75) is 19.5 Å². The molecular formula is C23H21N3S. The molecular weight excluding hydrogens is 350 g/mol. The maximum Gasteiger partial charge on any atom is 0.169 e. The zero-order valence-electron chi connectivity index (χ0n) is 15.0. The third kappa shape index (κ3) is 2.96. The molecule has 2 heterocycles. The number of aromatic nitrogens is 1. The van der Waals surface area contributed by atoms with Crippen molar-refractivity contribution in [1.82, 2.24) is 15.2 Å². The Bertz CT molecular complexity index is 1140. The van der Waals surface area contributed by atoms with E-state index < -0.39 is 0 Å². The van der Waals surface area contributed by atoms with Crippen molar-refractivity contribution in [2.75, 3.05) is 6.54 Å². The minimum atomic E-state index is 0.746. The molecule has 0 saturated carbocycles. The summed E-state index contributed by atoms with van der Waals surface area (Å²) in [6.07, 6.45) is 1.02. The van der Waals surface area contributed by atoms with Gasteiger partial charge in [0.25, 0.3) is 0 Å². The van der Waals surface area contributed by atoms with E-state index in [2.05, 4.69) is 81.9 Å². The van der Waals surface area contributed by atoms with Gasteiger partial charge in [-0.1, -0.05) is 60.7 Å². The van der Waals surface area contributed by atoms with Crippen LogP contribution < -0.4 is 5.32 Å². The second-order valence-corrected chi connectivity index (χ2v) is 7.48. The van der Waals surface area contributed by atoms with Gasteiger partial charge in [0.1, 0.15) is 0 Å². The molecule has 3 aromatic carbocycles. The van der Waals surface area contributed by atoms with Crippen LogP contribution in [0.1, 0.15) is 16.8 Å². The molecule has 1 aromatic heterocycles. The smallest absolute Gasteiger partial charge is 0.169 e. The van der Waals surface area contributed by atoms with Crippen LogP contribution in [0.3, 0.4) is 0 Å².